The number of ether oxygens (including phenoxy) is 1. The molecule has 5 nitrogen and oxygen atoms in total. The second kappa shape index (κ2) is 7.81. The van der Waals surface area contributed by atoms with E-state index < -0.39 is 16.0 Å². The molecule has 0 aliphatic carbocycles. The molecular formula is C17H18BrNO4S. The average Bonchev–Trinajstić information content (AvgIpc) is 2.52. The average molecular weight is 412 g/mol. The standard InChI is InChI=1S/C17H18BrNO4S/c1-3-10-23-17(20)13-5-7-14(8-6-13)19-24(21,22)16-9-4-12(2)11-15(16)18/h4-9,11,19H,3,10H2,1-2H3. The fraction of sp³-hybridized carbons (Fsp3) is 0.235. The first-order chi connectivity index (χ1) is 11.3. The van der Waals surface area contributed by atoms with Gasteiger partial charge < -0.3 is 4.74 Å². The summed E-state index contributed by atoms with van der Waals surface area (Å²) in [6.45, 7) is 4.15. The highest BCUT2D eigenvalue weighted by atomic mass is 79.9. The minimum absolute atomic E-state index is 0.152. The van der Waals surface area contributed by atoms with E-state index >= 15 is 0 Å². The van der Waals surface area contributed by atoms with Crippen molar-refractivity contribution in [2.45, 2.75) is 25.2 Å². The van der Waals surface area contributed by atoms with Gasteiger partial charge in [0.25, 0.3) is 10.0 Å². The molecule has 0 aliphatic heterocycles. The predicted molar refractivity (Wildman–Crippen MR) is 96.7 cm³/mol. The third-order valence-corrected chi connectivity index (χ3v) is 5.54. The Morgan fingerprint density at radius 2 is 1.83 bits per heavy atom. The van der Waals surface area contributed by atoms with Crippen LogP contribution in [0.25, 0.3) is 0 Å². The van der Waals surface area contributed by atoms with Crippen molar-refractivity contribution in [2.24, 2.45) is 0 Å². The molecule has 0 aliphatic rings. The molecule has 7 heteroatoms. The van der Waals surface area contributed by atoms with Gasteiger partial charge in [-0.1, -0.05) is 13.0 Å². The topological polar surface area (TPSA) is 72.5 Å². The maximum atomic E-state index is 12.5. The molecule has 2 aromatic carbocycles. The van der Waals surface area contributed by atoms with Crippen molar-refractivity contribution in [3.05, 3.63) is 58.1 Å². The van der Waals surface area contributed by atoms with Gasteiger partial charge in [-0.25, -0.2) is 13.2 Å². The summed E-state index contributed by atoms with van der Waals surface area (Å²) in [5.41, 5.74) is 1.70. The molecule has 0 aromatic heterocycles. The van der Waals surface area contributed by atoms with Gasteiger partial charge in [0.05, 0.1) is 12.2 Å². The van der Waals surface area contributed by atoms with Gasteiger partial charge in [0.1, 0.15) is 4.90 Å². The monoisotopic (exact) mass is 411 g/mol. The molecule has 2 aromatic rings. The number of esters is 1. The number of benzene rings is 2. The van der Waals surface area contributed by atoms with Crippen molar-refractivity contribution < 1.29 is 17.9 Å². The molecule has 0 amide bonds. The summed E-state index contributed by atoms with van der Waals surface area (Å²) in [5, 5.41) is 0. The Hall–Kier alpha value is -1.86. The number of anilines is 1. The number of hydrogen-bond acceptors (Lipinski definition) is 4. The van der Waals surface area contributed by atoms with Crippen LogP contribution in [0.2, 0.25) is 0 Å². The zero-order valence-corrected chi connectivity index (χ0v) is 15.8. The summed E-state index contributed by atoms with van der Waals surface area (Å²) >= 11 is 3.27. The van der Waals surface area contributed by atoms with E-state index in [-0.39, 0.29) is 4.90 Å². The van der Waals surface area contributed by atoms with Crippen LogP contribution in [0.3, 0.4) is 0 Å². The van der Waals surface area contributed by atoms with E-state index in [4.69, 9.17) is 4.74 Å². The first-order valence-electron chi connectivity index (χ1n) is 7.39. The lowest BCUT2D eigenvalue weighted by Crippen LogP contribution is -2.14. The fourth-order valence-corrected chi connectivity index (χ4v) is 4.24. The number of carbonyl (C=O) groups excluding carboxylic acids is 1. The highest BCUT2D eigenvalue weighted by Gasteiger charge is 2.18. The number of nitrogens with one attached hydrogen (secondary N) is 1. The van der Waals surface area contributed by atoms with E-state index in [9.17, 15) is 13.2 Å². The molecular weight excluding hydrogens is 394 g/mol. The first kappa shape index (κ1) is 18.5. The molecule has 128 valence electrons. The van der Waals surface area contributed by atoms with Crippen molar-refractivity contribution in [1.29, 1.82) is 0 Å². The van der Waals surface area contributed by atoms with Gasteiger partial charge in [0.15, 0.2) is 0 Å². The van der Waals surface area contributed by atoms with E-state index in [1.165, 1.54) is 30.3 Å². The van der Waals surface area contributed by atoms with Crippen LogP contribution in [0.5, 0.6) is 0 Å². The molecule has 0 heterocycles. The second-order valence-electron chi connectivity index (χ2n) is 5.25. The zero-order valence-electron chi connectivity index (χ0n) is 13.4. The van der Waals surface area contributed by atoms with Crippen molar-refractivity contribution in [1.82, 2.24) is 0 Å². The number of sulfonamides is 1. The Balaban J connectivity index is 2.17. The van der Waals surface area contributed by atoms with Crippen molar-refractivity contribution >= 4 is 37.6 Å². The van der Waals surface area contributed by atoms with Crippen LogP contribution < -0.4 is 4.72 Å². The Morgan fingerprint density at radius 1 is 1.17 bits per heavy atom. The third-order valence-electron chi connectivity index (χ3n) is 3.19. The van der Waals surface area contributed by atoms with Crippen LogP contribution in [0, 0.1) is 6.92 Å². The van der Waals surface area contributed by atoms with Gasteiger partial charge in [0.2, 0.25) is 0 Å². The van der Waals surface area contributed by atoms with Gasteiger partial charge in [-0.15, -0.1) is 0 Å². The maximum absolute atomic E-state index is 12.5. The summed E-state index contributed by atoms with van der Waals surface area (Å²) in [4.78, 5) is 11.9. The summed E-state index contributed by atoms with van der Waals surface area (Å²) in [6.07, 6.45) is 0.745. The largest absolute Gasteiger partial charge is 0.462 e. The van der Waals surface area contributed by atoms with Crippen molar-refractivity contribution in [3.8, 4) is 0 Å². The first-order valence-corrected chi connectivity index (χ1v) is 9.67. The minimum atomic E-state index is -3.72. The summed E-state index contributed by atoms with van der Waals surface area (Å²) < 4.78 is 32.9. The number of halogens is 1. The highest BCUT2D eigenvalue weighted by Crippen LogP contribution is 2.25. The lowest BCUT2D eigenvalue weighted by atomic mass is 10.2. The molecule has 0 fully saturated rings. The molecule has 0 atom stereocenters. The number of hydrogen-bond donors (Lipinski definition) is 1. The lowest BCUT2D eigenvalue weighted by molar-refractivity contribution is 0.0505. The van der Waals surface area contributed by atoms with Crippen molar-refractivity contribution in [3.63, 3.8) is 0 Å². The fourth-order valence-electron chi connectivity index (χ4n) is 1.99. The molecule has 0 saturated carbocycles. The maximum Gasteiger partial charge on any atom is 0.338 e. The normalized spacial score (nSPS) is 11.1. The second-order valence-corrected chi connectivity index (χ2v) is 7.76. The molecule has 2 rings (SSSR count). The SMILES string of the molecule is CCCOC(=O)c1ccc(NS(=O)(=O)c2ccc(C)cc2Br)cc1. The Bertz CT molecular complexity index is 832. The Labute approximate surface area is 150 Å². The van der Waals surface area contributed by atoms with E-state index in [1.807, 2.05) is 13.8 Å². The zero-order chi connectivity index (χ0) is 17.7. The van der Waals surface area contributed by atoms with Crippen LogP contribution >= 0.6 is 15.9 Å². The van der Waals surface area contributed by atoms with Crippen LogP contribution in [0.15, 0.2) is 51.8 Å². The van der Waals surface area contributed by atoms with Crippen LogP contribution in [0.4, 0.5) is 5.69 Å². The molecule has 24 heavy (non-hydrogen) atoms. The van der Waals surface area contributed by atoms with Crippen LogP contribution in [0.1, 0.15) is 29.3 Å². The van der Waals surface area contributed by atoms with Gasteiger partial charge in [-0.2, -0.15) is 0 Å². The Kier molecular flexibility index (Phi) is 6.01. The van der Waals surface area contributed by atoms with E-state index in [1.54, 1.807) is 12.1 Å². The summed E-state index contributed by atoms with van der Waals surface area (Å²) in [5.74, 6) is -0.424. The predicted octanol–water partition coefficient (Wildman–Crippen LogP) is 4.13. The third kappa shape index (κ3) is 4.58. The lowest BCUT2D eigenvalue weighted by Gasteiger charge is -2.10. The number of rotatable bonds is 6. The van der Waals surface area contributed by atoms with Gasteiger partial charge in [0, 0.05) is 10.2 Å². The molecule has 0 spiro atoms. The molecule has 0 unspecified atom stereocenters. The van der Waals surface area contributed by atoms with Crippen molar-refractivity contribution in [2.75, 3.05) is 11.3 Å². The van der Waals surface area contributed by atoms with E-state index in [0.717, 1.165) is 12.0 Å². The summed E-state index contributed by atoms with van der Waals surface area (Å²) in [6, 6.07) is 11.1. The smallest absolute Gasteiger partial charge is 0.338 e. The van der Waals surface area contributed by atoms with Crippen LogP contribution in [-0.4, -0.2) is 21.0 Å². The van der Waals surface area contributed by atoms with Gasteiger partial charge in [-0.05, 0) is 71.2 Å². The quantitative estimate of drug-likeness (QED) is 0.725. The van der Waals surface area contributed by atoms with E-state index in [2.05, 4.69) is 20.7 Å². The van der Waals surface area contributed by atoms with Gasteiger partial charge in [-0.3, -0.25) is 4.72 Å². The van der Waals surface area contributed by atoms with Crippen LogP contribution in [-0.2, 0) is 14.8 Å². The molecule has 0 saturated heterocycles. The van der Waals surface area contributed by atoms with Gasteiger partial charge >= 0.3 is 5.97 Å². The highest BCUT2D eigenvalue weighted by molar-refractivity contribution is 9.10. The molecule has 1 N–H and O–H groups in total. The molecule has 0 radical (unpaired) electrons. The Morgan fingerprint density at radius 3 is 2.42 bits per heavy atom. The summed E-state index contributed by atoms with van der Waals surface area (Å²) in [7, 11) is -3.72. The number of aryl methyl sites for hydroxylation is 1. The number of carbonyl (C=O) groups is 1. The minimum Gasteiger partial charge on any atom is -0.462 e. The van der Waals surface area contributed by atoms with E-state index in [0.29, 0.717) is 22.3 Å². The molecule has 0 bridgehead atoms.